The summed E-state index contributed by atoms with van der Waals surface area (Å²) in [5.41, 5.74) is -0.0694. The van der Waals surface area contributed by atoms with Gasteiger partial charge in [-0.1, -0.05) is 12.8 Å². The molecular weight excluding hydrogens is 165 g/mol. The number of hydrogen-bond acceptors (Lipinski definition) is 1. The van der Waals surface area contributed by atoms with Gasteiger partial charge in [0.05, 0.1) is 0 Å². The van der Waals surface area contributed by atoms with Crippen LogP contribution in [0.15, 0.2) is 0 Å². The highest BCUT2D eigenvalue weighted by atomic mass is 35.5. The van der Waals surface area contributed by atoms with Crippen molar-refractivity contribution in [3.05, 3.63) is 0 Å². The van der Waals surface area contributed by atoms with Gasteiger partial charge in [-0.2, -0.15) is 0 Å². The number of nitrogens with one attached hydrogen (secondary N) is 1. The zero-order chi connectivity index (χ0) is 7.03. The molecule has 0 radical (unpaired) electrons. The van der Waals surface area contributed by atoms with Gasteiger partial charge in [0.25, 0.3) is 0 Å². The molecule has 0 aromatic rings. The van der Waals surface area contributed by atoms with Gasteiger partial charge in [-0.25, -0.2) is 4.39 Å². The quantitative estimate of drug-likeness (QED) is 0.600. The minimum Gasteiger partial charge on any atom is -0.309 e. The molecule has 1 nitrogen and oxygen atoms in total. The first kappa shape index (κ1) is 9.27. The Labute approximate surface area is 73.2 Å². The Morgan fingerprint density at radius 3 is 2.36 bits per heavy atom. The third-order valence-electron chi connectivity index (χ3n) is 2.97. The average molecular weight is 180 g/mol. The van der Waals surface area contributed by atoms with Crippen molar-refractivity contribution in [3.8, 4) is 0 Å². The molecule has 3 heteroatoms. The zero-order valence-electron chi connectivity index (χ0n) is 6.61. The van der Waals surface area contributed by atoms with Crippen molar-refractivity contribution in [1.29, 1.82) is 0 Å². The fraction of sp³-hybridized carbons (Fsp3) is 1.00. The van der Waals surface area contributed by atoms with Crippen molar-refractivity contribution >= 4 is 12.4 Å². The summed E-state index contributed by atoms with van der Waals surface area (Å²) in [6, 6.07) is 0. The summed E-state index contributed by atoms with van der Waals surface area (Å²) in [5, 5.41) is 3.31. The fourth-order valence-electron chi connectivity index (χ4n) is 2.33. The van der Waals surface area contributed by atoms with Crippen LogP contribution < -0.4 is 5.32 Å². The summed E-state index contributed by atoms with van der Waals surface area (Å²) < 4.78 is 13.2. The van der Waals surface area contributed by atoms with Crippen LogP contribution in [0.4, 0.5) is 4.39 Å². The van der Waals surface area contributed by atoms with E-state index in [1.807, 2.05) is 0 Å². The van der Waals surface area contributed by atoms with E-state index in [2.05, 4.69) is 5.32 Å². The Morgan fingerprint density at radius 1 is 1.27 bits per heavy atom. The smallest absolute Gasteiger partial charge is 0.119 e. The first-order valence-corrected chi connectivity index (χ1v) is 4.23. The van der Waals surface area contributed by atoms with E-state index in [0.717, 1.165) is 25.8 Å². The Bertz CT molecular complexity index is 129. The predicted molar refractivity (Wildman–Crippen MR) is 46.0 cm³/mol. The maximum atomic E-state index is 13.2. The molecule has 2 aliphatic rings. The van der Waals surface area contributed by atoms with Crippen molar-refractivity contribution < 1.29 is 4.39 Å². The minimum atomic E-state index is -0.560. The number of rotatable bonds is 0. The molecule has 1 aliphatic carbocycles. The molecule has 2 fully saturated rings. The van der Waals surface area contributed by atoms with E-state index in [-0.39, 0.29) is 17.9 Å². The number of alkyl halides is 1. The van der Waals surface area contributed by atoms with E-state index in [4.69, 9.17) is 0 Å². The zero-order valence-corrected chi connectivity index (χ0v) is 7.42. The van der Waals surface area contributed by atoms with Gasteiger partial charge in [0.1, 0.15) is 6.17 Å². The minimum absolute atomic E-state index is 0. The van der Waals surface area contributed by atoms with Crippen molar-refractivity contribution in [2.45, 2.75) is 43.8 Å². The maximum absolute atomic E-state index is 13.2. The molecule has 1 saturated heterocycles. The third kappa shape index (κ3) is 1.38. The summed E-state index contributed by atoms with van der Waals surface area (Å²) >= 11 is 0. The normalized spacial score (nSPS) is 34.1. The summed E-state index contributed by atoms with van der Waals surface area (Å²) in [6.45, 7) is 0.890. The van der Waals surface area contributed by atoms with E-state index in [1.54, 1.807) is 0 Å². The van der Waals surface area contributed by atoms with Crippen LogP contribution in [-0.2, 0) is 0 Å². The Hall–Kier alpha value is 0.180. The number of halogens is 2. The molecule has 11 heavy (non-hydrogen) atoms. The molecule has 0 aromatic heterocycles. The largest absolute Gasteiger partial charge is 0.309 e. The Kier molecular flexibility index (Phi) is 2.76. The van der Waals surface area contributed by atoms with Crippen molar-refractivity contribution in [3.63, 3.8) is 0 Å². The third-order valence-corrected chi connectivity index (χ3v) is 2.97. The monoisotopic (exact) mass is 179 g/mol. The topological polar surface area (TPSA) is 12.0 Å². The van der Waals surface area contributed by atoms with E-state index in [1.165, 1.54) is 12.8 Å². The van der Waals surface area contributed by atoms with Crippen LogP contribution in [-0.4, -0.2) is 18.3 Å². The molecule has 2 rings (SSSR count). The summed E-state index contributed by atoms with van der Waals surface area (Å²) in [4.78, 5) is 0. The molecular formula is C8H15ClFN. The highest BCUT2D eigenvalue weighted by molar-refractivity contribution is 5.85. The lowest BCUT2D eigenvalue weighted by molar-refractivity contribution is 0.205. The SMILES string of the molecule is Cl.FC1CCNC12CCCC2. The fourth-order valence-corrected chi connectivity index (χ4v) is 2.33. The van der Waals surface area contributed by atoms with Gasteiger partial charge in [-0.05, 0) is 25.8 Å². The van der Waals surface area contributed by atoms with Gasteiger partial charge >= 0.3 is 0 Å². The molecule has 1 spiro atoms. The lowest BCUT2D eigenvalue weighted by Gasteiger charge is -2.25. The Morgan fingerprint density at radius 2 is 1.91 bits per heavy atom. The second kappa shape index (κ2) is 3.28. The van der Waals surface area contributed by atoms with Gasteiger partial charge in [0.15, 0.2) is 0 Å². The molecule has 66 valence electrons. The lowest BCUT2D eigenvalue weighted by Crippen LogP contribution is -2.42. The van der Waals surface area contributed by atoms with E-state index >= 15 is 0 Å². The van der Waals surface area contributed by atoms with Crippen LogP contribution in [0.1, 0.15) is 32.1 Å². The molecule has 1 saturated carbocycles. The first-order chi connectivity index (χ1) is 4.83. The van der Waals surface area contributed by atoms with Crippen molar-refractivity contribution in [1.82, 2.24) is 5.32 Å². The maximum Gasteiger partial charge on any atom is 0.119 e. The Balaban J connectivity index is 0.000000605. The standard InChI is InChI=1S/C8H14FN.ClH/c9-7-3-6-10-8(7)4-1-2-5-8;/h7,10H,1-6H2;1H. The molecule has 1 unspecified atom stereocenters. The van der Waals surface area contributed by atoms with Crippen molar-refractivity contribution in [2.24, 2.45) is 0 Å². The molecule has 1 aliphatic heterocycles. The van der Waals surface area contributed by atoms with Crippen LogP contribution in [0, 0.1) is 0 Å². The van der Waals surface area contributed by atoms with Gasteiger partial charge in [-0.3, -0.25) is 0 Å². The van der Waals surface area contributed by atoms with E-state index < -0.39 is 6.17 Å². The van der Waals surface area contributed by atoms with Crippen LogP contribution in [0.2, 0.25) is 0 Å². The highest BCUT2D eigenvalue weighted by Crippen LogP contribution is 2.38. The molecule has 1 atom stereocenters. The second-order valence-corrected chi connectivity index (χ2v) is 3.55. The molecule has 1 N–H and O–H groups in total. The van der Waals surface area contributed by atoms with Crippen LogP contribution >= 0.6 is 12.4 Å². The summed E-state index contributed by atoms with van der Waals surface area (Å²) in [7, 11) is 0. The van der Waals surface area contributed by atoms with Gasteiger partial charge < -0.3 is 5.32 Å². The molecule has 1 heterocycles. The van der Waals surface area contributed by atoms with Gasteiger partial charge in [0.2, 0.25) is 0 Å². The van der Waals surface area contributed by atoms with Crippen LogP contribution in [0.3, 0.4) is 0 Å². The molecule has 0 bridgehead atoms. The molecule has 0 amide bonds. The van der Waals surface area contributed by atoms with Crippen molar-refractivity contribution in [2.75, 3.05) is 6.54 Å². The van der Waals surface area contributed by atoms with E-state index in [0.29, 0.717) is 0 Å². The molecule has 0 aromatic carbocycles. The second-order valence-electron chi connectivity index (χ2n) is 3.55. The predicted octanol–water partition coefficient (Wildman–Crippen LogP) is 2.05. The van der Waals surface area contributed by atoms with Crippen LogP contribution in [0.25, 0.3) is 0 Å². The highest BCUT2D eigenvalue weighted by Gasteiger charge is 2.44. The van der Waals surface area contributed by atoms with Gasteiger partial charge in [-0.15, -0.1) is 12.4 Å². The summed E-state index contributed by atoms with van der Waals surface area (Å²) in [6.07, 6.45) is 4.73. The summed E-state index contributed by atoms with van der Waals surface area (Å²) in [5.74, 6) is 0. The average Bonchev–Trinajstić information content (AvgIpc) is 2.48. The lowest BCUT2D eigenvalue weighted by atomic mass is 9.94. The first-order valence-electron chi connectivity index (χ1n) is 4.23. The number of hydrogen-bond donors (Lipinski definition) is 1. The van der Waals surface area contributed by atoms with Gasteiger partial charge in [0, 0.05) is 5.54 Å². The van der Waals surface area contributed by atoms with E-state index in [9.17, 15) is 4.39 Å². The van der Waals surface area contributed by atoms with Crippen LogP contribution in [0.5, 0.6) is 0 Å².